The van der Waals surface area contributed by atoms with Crippen LogP contribution in [0.4, 0.5) is 10.5 Å². The van der Waals surface area contributed by atoms with Gasteiger partial charge in [0.25, 0.3) is 0 Å². The molecule has 9 heteroatoms. The van der Waals surface area contributed by atoms with Crippen molar-refractivity contribution in [3.8, 4) is 17.0 Å². The molecule has 0 aromatic carbocycles. The fourth-order valence-corrected chi connectivity index (χ4v) is 3.79. The largest absolute Gasteiger partial charge is 0.489 e. The van der Waals surface area contributed by atoms with Crippen molar-refractivity contribution in [2.45, 2.75) is 66.0 Å². The van der Waals surface area contributed by atoms with Crippen molar-refractivity contribution in [2.24, 2.45) is 5.92 Å². The number of aryl methyl sites for hydroxylation is 1. The molecule has 3 heterocycles. The fourth-order valence-electron chi connectivity index (χ4n) is 3.79. The lowest BCUT2D eigenvalue weighted by molar-refractivity contribution is 0.0407. The van der Waals surface area contributed by atoms with Gasteiger partial charge in [-0.2, -0.15) is 5.10 Å². The molecule has 1 N–H and O–H groups in total. The van der Waals surface area contributed by atoms with Gasteiger partial charge in [0, 0.05) is 12.4 Å². The molecule has 0 aliphatic rings. The molecule has 9 nitrogen and oxygen atoms in total. The monoisotopic (exact) mass is 464 g/mol. The fraction of sp³-hybridized carbons (Fsp3) is 0.480. The van der Waals surface area contributed by atoms with E-state index in [-0.39, 0.29) is 6.61 Å². The summed E-state index contributed by atoms with van der Waals surface area (Å²) in [5, 5.41) is 7.28. The first kappa shape index (κ1) is 25.0. The zero-order valence-corrected chi connectivity index (χ0v) is 20.8. The summed E-state index contributed by atoms with van der Waals surface area (Å²) in [5.74, 6) is 0.973. The van der Waals surface area contributed by atoms with Crippen LogP contribution >= 0.6 is 0 Å². The molecular weight excluding hydrogens is 432 g/mol. The maximum Gasteiger partial charge on any atom is 0.408 e. The molecule has 0 aliphatic carbocycles. The third-order valence-corrected chi connectivity index (χ3v) is 4.99. The lowest BCUT2D eigenvalue weighted by Crippen LogP contribution is -2.52. The van der Waals surface area contributed by atoms with Gasteiger partial charge in [-0.05, 0) is 59.1 Å². The summed E-state index contributed by atoms with van der Waals surface area (Å²) in [6.45, 7) is 20.9. The molecule has 0 bridgehead atoms. The van der Waals surface area contributed by atoms with E-state index in [0.717, 1.165) is 12.0 Å². The molecule has 3 rings (SSSR count). The van der Waals surface area contributed by atoms with E-state index >= 15 is 0 Å². The quantitative estimate of drug-likeness (QED) is 0.473. The van der Waals surface area contributed by atoms with Crippen LogP contribution in [-0.4, -0.2) is 43.4 Å². The van der Waals surface area contributed by atoms with Crippen LogP contribution in [0.2, 0.25) is 0 Å². The number of hydrogen-bond donors (Lipinski definition) is 1. The Morgan fingerprint density at radius 2 is 1.97 bits per heavy atom. The van der Waals surface area contributed by atoms with Gasteiger partial charge >= 0.3 is 6.09 Å². The minimum absolute atomic E-state index is 0.268. The van der Waals surface area contributed by atoms with Gasteiger partial charge in [0.1, 0.15) is 18.0 Å². The highest BCUT2D eigenvalue weighted by Gasteiger charge is 2.31. The lowest BCUT2D eigenvalue weighted by atomic mass is 9.91. The minimum atomic E-state index is -0.616. The normalized spacial score (nSPS) is 13.4. The summed E-state index contributed by atoms with van der Waals surface area (Å²) in [4.78, 5) is 24.8. The Morgan fingerprint density at radius 3 is 2.59 bits per heavy atom. The molecule has 0 spiro atoms. The van der Waals surface area contributed by atoms with E-state index in [1.807, 2.05) is 46.8 Å². The van der Waals surface area contributed by atoms with Crippen LogP contribution in [0.25, 0.3) is 21.7 Å². The molecule has 0 fully saturated rings. The van der Waals surface area contributed by atoms with Gasteiger partial charge < -0.3 is 14.8 Å². The van der Waals surface area contributed by atoms with Gasteiger partial charge in [-0.1, -0.05) is 13.8 Å². The molecule has 0 saturated carbocycles. The van der Waals surface area contributed by atoms with Crippen LogP contribution < -0.4 is 10.1 Å². The topological polar surface area (TPSA) is 95.0 Å². The van der Waals surface area contributed by atoms with E-state index in [4.69, 9.17) is 16.0 Å². The number of amides is 1. The highest BCUT2D eigenvalue weighted by atomic mass is 16.6. The molecule has 0 radical (unpaired) electrons. The molecule has 0 saturated heterocycles. The zero-order valence-electron chi connectivity index (χ0n) is 20.8. The Hall–Kier alpha value is -3.67. The van der Waals surface area contributed by atoms with Gasteiger partial charge in [0.05, 0.1) is 35.3 Å². The van der Waals surface area contributed by atoms with E-state index in [0.29, 0.717) is 34.4 Å². The highest BCUT2D eigenvalue weighted by molar-refractivity contribution is 5.75. The van der Waals surface area contributed by atoms with Crippen molar-refractivity contribution in [1.82, 2.24) is 24.9 Å². The Bertz CT molecular complexity index is 1220. The number of carbonyl (C=O) groups excluding carboxylic acids is 1. The Labute approximate surface area is 200 Å². The van der Waals surface area contributed by atoms with Crippen molar-refractivity contribution in [1.29, 1.82) is 0 Å². The van der Waals surface area contributed by atoms with E-state index in [1.54, 1.807) is 16.9 Å². The van der Waals surface area contributed by atoms with Gasteiger partial charge in [-0.25, -0.2) is 24.1 Å². The van der Waals surface area contributed by atoms with E-state index in [9.17, 15) is 4.79 Å². The minimum Gasteiger partial charge on any atom is -0.489 e. The Morgan fingerprint density at radius 1 is 1.24 bits per heavy atom. The average Bonchev–Trinajstić information content (AvgIpc) is 3.13. The predicted molar refractivity (Wildman–Crippen MR) is 130 cm³/mol. The van der Waals surface area contributed by atoms with E-state index < -0.39 is 17.2 Å². The number of rotatable bonds is 7. The molecule has 0 aliphatic heterocycles. The van der Waals surface area contributed by atoms with Crippen molar-refractivity contribution < 1.29 is 14.3 Å². The predicted octanol–water partition coefficient (Wildman–Crippen LogP) is 5.36. The summed E-state index contributed by atoms with van der Waals surface area (Å²) in [7, 11) is 0. The second-order valence-electron chi connectivity index (χ2n) is 10.1. The number of nitrogens with zero attached hydrogens (tertiary/aromatic N) is 5. The summed E-state index contributed by atoms with van der Waals surface area (Å²) in [6, 6.07) is 3.71. The maximum absolute atomic E-state index is 12.4. The van der Waals surface area contributed by atoms with Crippen molar-refractivity contribution in [3.63, 3.8) is 0 Å². The summed E-state index contributed by atoms with van der Waals surface area (Å²) in [5.41, 5.74) is 2.03. The number of hydrogen-bond acceptors (Lipinski definition) is 6. The van der Waals surface area contributed by atoms with Gasteiger partial charge in [0.2, 0.25) is 5.69 Å². The third-order valence-electron chi connectivity index (χ3n) is 4.99. The number of fused-ring (bicyclic) bond motifs is 1. The molecule has 180 valence electrons. The van der Waals surface area contributed by atoms with Crippen LogP contribution in [0.1, 0.15) is 53.7 Å². The average molecular weight is 465 g/mol. The first-order valence-corrected chi connectivity index (χ1v) is 11.2. The summed E-state index contributed by atoms with van der Waals surface area (Å²) < 4.78 is 13.1. The lowest BCUT2D eigenvalue weighted by Gasteiger charge is -2.33. The third kappa shape index (κ3) is 6.22. The molecule has 0 unspecified atom stereocenters. The Kier molecular flexibility index (Phi) is 7.10. The molecule has 34 heavy (non-hydrogen) atoms. The maximum atomic E-state index is 12.4. The van der Waals surface area contributed by atoms with Crippen molar-refractivity contribution in [3.05, 3.63) is 47.8 Å². The standard InChI is InChI=1S/C25H32N6O3/c1-16(2)11-25(7,30-23(32)34-24(4,5)6)15-33-21-10-9-20(29-17(21)3)19-13-28-31-14-18(26-8)12-27-22(19)31/h9-10,12-14,16H,11,15H2,1-7H3,(H,30,32)/t25-/m0/s1. The van der Waals surface area contributed by atoms with Crippen LogP contribution in [0.3, 0.4) is 0 Å². The Balaban J connectivity index is 1.77. The number of carbonyl (C=O) groups is 1. The second kappa shape index (κ2) is 9.67. The van der Waals surface area contributed by atoms with Gasteiger partial charge in [-0.3, -0.25) is 0 Å². The molecule has 3 aromatic heterocycles. The van der Waals surface area contributed by atoms with Crippen LogP contribution in [0.15, 0.2) is 30.7 Å². The zero-order chi connectivity index (χ0) is 25.1. The highest BCUT2D eigenvalue weighted by Crippen LogP contribution is 2.27. The number of nitrogens with one attached hydrogen (secondary N) is 1. The van der Waals surface area contributed by atoms with E-state index in [2.05, 4.69) is 39.1 Å². The first-order chi connectivity index (χ1) is 15.9. The summed E-state index contributed by atoms with van der Waals surface area (Å²) in [6.07, 6.45) is 5.09. The number of ether oxygens (including phenoxy) is 2. The second-order valence-corrected chi connectivity index (χ2v) is 10.1. The first-order valence-electron chi connectivity index (χ1n) is 11.2. The summed E-state index contributed by atoms with van der Waals surface area (Å²) >= 11 is 0. The van der Waals surface area contributed by atoms with Gasteiger partial charge in [0.15, 0.2) is 5.65 Å². The van der Waals surface area contributed by atoms with Crippen LogP contribution in [0.5, 0.6) is 5.75 Å². The van der Waals surface area contributed by atoms with Crippen LogP contribution in [-0.2, 0) is 4.74 Å². The van der Waals surface area contributed by atoms with Crippen molar-refractivity contribution >= 4 is 17.4 Å². The molecule has 1 atom stereocenters. The molecule has 3 aromatic rings. The number of aromatic nitrogens is 4. The van der Waals surface area contributed by atoms with Gasteiger partial charge in [-0.15, -0.1) is 0 Å². The van der Waals surface area contributed by atoms with Crippen molar-refractivity contribution in [2.75, 3.05) is 6.61 Å². The van der Waals surface area contributed by atoms with Crippen LogP contribution in [0, 0.1) is 19.4 Å². The smallest absolute Gasteiger partial charge is 0.408 e. The number of alkyl carbamates (subject to hydrolysis) is 1. The SMILES string of the molecule is [C-]#[N+]c1cnc2c(-c3ccc(OC[C@](C)(CC(C)C)NC(=O)OC(C)(C)C)c(C)n3)cnn2c1. The molecular formula is C25H32N6O3. The van der Waals surface area contributed by atoms with E-state index in [1.165, 1.54) is 6.20 Å². The molecule has 1 amide bonds. The number of pyridine rings is 1.